The van der Waals surface area contributed by atoms with Crippen molar-refractivity contribution in [2.75, 3.05) is 18.5 Å². The van der Waals surface area contributed by atoms with Crippen LogP contribution in [-0.4, -0.2) is 30.2 Å². The zero-order valence-electron chi connectivity index (χ0n) is 15.4. The first-order valence-electron chi connectivity index (χ1n) is 9.51. The van der Waals surface area contributed by atoms with Crippen molar-refractivity contribution in [3.05, 3.63) is 42.0 Å². The summed E-state index contributed by atoms with van der Waals surface area (Å²) in [6, 6.07) is 7.36. The molecule has 1 saturated carbocycles. The zero-order chi connectivity index (χ0) is 18.8. The average Bonchev–Trinajstić information content (AvgIpc) is 2.64. The third kappa shape index (κ3) is 6.54. The standard InChI is InChI=1S/C21H29NO4/c1-2-26-20(23)13-12-19(21(24)25)17-8-10-18(11-9-17)22-15-14-16-6-4-3-5-7-16/h8-13,16,19,22H,2-7,14-15H2,1H3,(H,24,25). The van der Waals surface area contributed by atoms with Crippen molar-refractivity contribution >= 4 is 17.6 Å². The van der Waals surface area contributed by atoms with Gasteiger partial charge in [-0.05, 0) is 37.0 Å². The molecule has 0 heterocycles. The molecular formula is C21H29NO4. The van der Waals surface area contributed by atoms with Crippen molar-refractivity contribution in [3.63, 3.8) is 0 Å². The number of ether oxygens (including phenoxy) is 1. The van der Waals surface area contributed by atoms with Crippen molar-refractivity contribution < 1.29 is 19.4 Å². The summed E-state index contributed by atoms with van der Waals surface area (Å²) < 4.78 is 4.79. The Morgan fingerprint density at radius 2 is 1.92 bits per heavy atom. The molecule has 2 rings (SSSR count). The van der Waals surface area contributed by atoms with Crippen LogP contribution in [-0.2, 0) is 14.3 Å². The zero-order valence-corrected chi connectivity index (χ0v) is 15.4. The maximum atomic E-state index is 11.5. The molecule has 1 atom stereocenters. The highest BCUT2D eigenvalue weighted by molar-refractivity contribution is 5.85. The Balaban J connectivity index is 1.88. The second-order valence-electron chi connectivity index (χ2n) is 6.77. The van der Waals surface area contributed by atoms with Crippen LogP contribution in [0.5, 0.6) is 0 Å². The van der Waals surface area contributed by atoms with Crippen LogP contribution in [0.15, 0.2) is 36.4 Å². The highest BCUT2D eigenvalue weighted by Crippen LogP contribution is 2.26. The normalized spacial score (nSPS) is 16.3. The number of carbonyl (C=O) groups is 2. The summed E-state index contributed by atoms with van der Waals surface area (Å²) in [5.41, 5.74) is 1.62. The summed E-state index contributed by atoms with van der Waals surface area (Å²) in [7, 11) is 0. The predicted molar refractivity (Wildman–Crippen MR) is 102 cm³/mol. The summed E-state index contributed by atoms with van der Waals surface area (Å²) in [4.78, 5) is 22.9. The lowest BCUT2D eigenvalue weighted by Gasteiger charge is -2.21. The summed E-state index contributed by atoms with van der Waals surface area (Å²) >= 11 is 0. The number of aliphatic carboxylic acids is 1. The Morgan fingerprint density at radius 3 is 2.54 bits per heavy atom. The van der Waals surface area contributed by atoms with Crippen LogP contribution in [0.3, 0.4) is 0 Å². The molecule has 142 valence electrons. The fourth-order valence-electron chi connectivity index (χ4n) is 3.41. The van der Waals surface area contributed by atoms with Gasteiger partial charge >= 0.3 is 11.9 Å². The van der Waals surface area contributed by atoms with Gasteiger partial charge in [-0.25, -0.2) is 4.79 Å². The minimum absolute atomic E-state index is 0.266. The molecule has 2 N–H and O–H groups in total. The van der Waals surface area contributed by atoms with Gasteiger partial charge in [0.15, 0.2) is 0 Å². The van der Waals surface area contributed by atoms with E-state index in [1.807, 2.05) is 12.1 Å². The van der Waals surface area contributed by atoms with Gasteiger partial charge in [0.25, 0.3) is 0 Å². The SMILES string of the molecule is CCOC(=O)C=CC(C(=O)O)c1ccc(NCCC2CCCCC2)cc1. The molecule has 1 aliphatic rings. The molecular weight excluding hydrogens is 330 g/mol. The Labute approximate surface area is 155 Å². The van der Waals surface area contributed by atoms with Crippen molar-refractivity contribution in [1.29, 1.82) is 0 Å². The summed E-state index contributed by atoms with van der Waals surface area (Å²) in [6.07, 6.45) is 10.5. The Kier molecular flexibility index (Phi) is 8.19. The Morgan fingerprint density at radius 1 is 1.23 bits per heavy atom. The minimum atomic E-state index is -0.997. The van der Waals surface area contributed by atoms with Gasteiger partial charge in [0.1, 0.15) is 5.92 Å². The number of carboxylic acids is 1. The molecule has 5 heteroatoms. The lowest BCUT2D eigenvalue weighted by Crippen LogP contribution is -2.12. The molecule has 1 aromatic rings. The maximum Gasteiger partial charge on any atom is 0.330 e. The number of carbonyl (C=O) groups excluding carboxylic acids is 1. The van der Waals surface area contributed by atoms with Crippen LogP contribution in [0, 0.1) is 5.92 Å². The quantitative estimate of drug-likeness (QED) is 0.506. The summed E-state index contributed by atoms with van der Waals surface area (Å²) in [5, 5.41) is 12.8. The molecule has 1 unspecified atom stereocenters. The van der Waals surface area contributed by atoms with Gasteiger partial charge in [-0.3, -0.25) is 4.79 Å². The van der Waals surface area contributed by atoms with Crippen molar-refractivity contribution in [2.45, 2.75) is 51.4 Å². The lowest BCUT2D eigenvalue weighted by molar-refractivity contribution is -0.137. The number of nitrogens with one attached hydrogen (secondary N) is 1. The number of hydrogen-bond donors (Lipinski definition) is 2. The highest BCUT2D eigenvalue weighted by Gasteiger charge is 2.17. The third-order valence-corrected chi connectivity index (χ3v) is 4.85. The third-order valence-electron chi connectivity index (χ3n) is 4.85. The van der Waals surface area contributed by atoms with Gasteiger partial charge in [-0.15, -0.1) is 0 Å². The van der Waals surface area contributed by atoms with E-state index in [1.54, 1.807) is 19.1 Å². The molecule has 1 fully saturated rings. The topological polar surface area (TPSA) is 75.6 Å². The molecule has 0 radical (unpaired) electrons. The number of esters is 1. The van der Waals surface area contributed by atoms with Crippen LogP contribution in [0.4, 0.5) is 5.69 Å². The van der Waals surface area contributed by atoms with Gasteiger partial charge in [-0.1, -0.05) is 50.3 Å². The molecule has 26 heavy (non-hydrogen) atoms. The molecule has 0 saturated heterocycles. The van der Waals surface area contributed by atoms with Crippen molar-refractivity contribution in [2.24, 2.45) is 5.92 Å². The molecule has 0 amide bonds. The molecule has 0 spiro atoms. The van der Waals surface area contributed by atoms with E-state index in [0.29, 0.717) is 5.56 Å². The maximum absolute atomic E-state index is 11.5. The minimum Gasteiger partial charge on any atom is -0.481 e. The van der Waals surface area contributed by atoms with Gasteiger partial charge in [-0.2, -0.15) is 0 Å². The van der Waals surface area contributed by atoms with Crippen LogP contribution >= 0.6 is 0 Å². The molecule has 0 aromatic heterocycles. The first-order chi connectivity index (χ1) is 12.6. The van der Waals surface area contributed by atoms with Crippen molar-refractivity contribution in [3.8, 4) is 0 Å². The highest BCUT2D eigenvalue weighted by atomic mass is 16.5. The van der Waals surface area contributed by atoms with Crippen LogP contribution in [0.25, 0.3) is 0 Å². The average molecular weight is 359 g/mol. The molecule has 1 aliphatic carbocycles. The monoisotopic (exact) mass is 359 g/mol. The first kappa shape index (κ1) is 20.0. The van der Waals surface area contributed by atoms with Crippen LogP contribution < -0.4 is 5.32 Å². The van der Waals surface area contributed by atoms with E-state index in [2.05, 4.69) is 5.32 Å². The van der Waals surface area contributed by atoms with Crippen LogP contribution in [0.1, 0.15) is 56.9 Å². The number of carboxylic acid groups (broad SMARTS) is 1. The Hall–Kier alpha value is -2.30. The molecule has 5 nitrogen and oxygen atoms in total. The predicted octanol–water partition coefficient (Wildman–Crippen LogP) is 4.36. The van der Waals surface area contributed by atoms with Gasteiger partial charge < -0.3 is 15.2 Å². The summed E-state index contributed by atoms with van der Waals surface area (Å²) in [5.74, 6) is -1.56. The lowest BCUT2D eigenvalue weighted by atomic mass is 9.87. The van der Waals surface area contributed by atoms with Crippen molar-refractivity contribution in [1.82, 2.24) is 0 Å². The van der Waals surface area contributed by atoms with Gasteiger partial charge in [0, 0.05) is 18.3 Å². The smallest absolute Gasteiger partial charge is 0.330 e. The van der Waals surface area contributed by atoms with E-state index >= 15 is 0 Å². The van der Waals surface area contributed by atoms with Crippen LogP contribution in [0.2, 0.25) is 0 Å². The van der Waals surface area contributed by atoms with Gasteiger partial charge in [0.2, 0.25) is 0 Å². The fourth-order valence-corrected chi connectivity index (χ4v) is 3.41. The second kappa shape index (κ2) is 10.6. The number of benzene rings is 1. The van der Waals surface area contributed by atoms with E-state index in [4.69, 9.17) is 4.74 Å². The largest absolute Gasteiger partial charge is 0.481 e. The number of rotatable bonds is 9. The fraction of sp³-hybridized carbons (Fsp3) is 0.524. The Bertz CT molecular complexity index is 603. The molecule has 0 bridgehead atoms. The van der Waals surface area contributed by atoms with E-state index in [1.165, 1.54) is 50.7 Å². The van der Waals surface area contributed by atoms with E-state index in [-0.39, 0.29) is 6.61 Å². The van der Waals surface area contributed by atoms with Gasteiger partial charge in [0.05, 0.1) is 6.61 Å². The number of anilines is 1. The number of hydrogen-bond acceptors (Lipinski definition) is 4. The summed E-state index contributed by atoms with van der Waals surface area (Å²) in [6.45, 7) is 2.91. The molecule has 0 aliphatic heterocycles. The molecule has 1 aromatic carbocycles. The first-order valence-corrected chi connectivity index (χ1v) is 9.51. The van der Waals surface area contributed by atoms with E-state index in [0.717, 1.165) is 18.2 Å². The second-order valence-corrected chi connectivity index (χ2v) is 6.77. The van der Waals surface area contributed by atoms with E-state index in [9.17, 15) is 14.7 Å². The van der Waals surface area contributed by atoms with E-state index < -0.39 is 17.9 Å².